The van der Waals surface area contributed by atoms with Crippen molar-refractivity contribution in [2.45, 2.75) is 39.3 Å². The fraction of sp³-hybridized carbons (Fsp3) is 0.500. The molecule has 0 aliphatic carbocycles. The molecule has 18 heavy (non-hydrogen) atoms. The molecule has 1 rings (SSSR count). The molecule has 1 atom stereocenters. The lowest BCUT2D eigenvalue weighted by Crippen LogP contribution is -2.28. The third kappa shape index (κ3) is 4.10. The number of benzene rings is 1. The van der Waals surface area contributed by atoms with Gasteiger partial charge >= 0.3 is 5.97 Å². The first kappa shape index (κ1) is 15.2. The Bertz CT molecular complexity index is 420. The molecule has 4 heteroatoms. The van der Waals surface area contributed by atoms with E-state index in [0.29, 0.717) is 11.6 Å². The van der Waals surface area contributed by atoms with Crippen LogP contribution in [0.4, 0.5) is 0 Å². The molecule has 0 spiro atoms. The van der Waals surface area contributed by atoms with E-state index in [0.717, 1.165) is 16.6 Å². The summed E-state index contributed by atoms with van der Waals surface area (Å²) in [4.78, 5) is 13.1. The number of carbonyl (C=O) groups is 1. The Kier molecular flexibility index (Phi) is 5.82. The van der Waals surface area contributed by atoms with Gasteiger partial charge in [-0.25, -0.2) is 4.79 Å². The molecule has 0 saturated carbocycles. The number of hydrogen-bond donors (Lipinski definition) is 1. The Morgan fingerprint density at radius 2 is 2.17 bits per heavy atom. The zero-order chi connectivity index (χ0) is 13.7. The average molecular weight is 314 g/mol. The third-order valence-electron chi connectivity index (χ3n) is 3.18. The van der Waals surface area contributed by atoms with Crippen LogP contribution in [0.15, 0.2) is 22.7 Å². The van der Waals surface area contributed by atoms with Gasteiger partial charge in [0.15, 0.2) is 0 Å². The molecule has 0 heterocycles. The molecular weight excluding hydrogens is 294 g/mol. The predicted molar refractivity (Wildman–Crippen MR) is 76.9 cm³/mol. The number of halogens is 1. The molecule has 3 nitrogen and oxygen atoms in total. The second-order valence-electron chi connectivity index (χ2n) is 4.66. The lowest BCUT2D eigenvalue weighted by Gasteiger charge is -2.24. The van der Waals surface area contributed by atoms with Gasteiger partial charge in [0.2, 0.25) is 0 Å². The van der Waals surface area contributed by atoms with Gasteiger partial charge in [0.25, 0.3) is 0 Å². The van der Waals surface area contributed by atoms with E-state index < -0.39 is 5.97 Å². The second-order valence-corrected chi connectivity index (χ2v) is 5.52. The van der Waals surface area contributed by atoms with Crippen LogP contribution in [0, 0.1) is 0 Å². The van der Waals surface area contributed by atoms with Gasteiger partial charge in [-0.3, -0.25) is 4.90 Å². The molecule has 0 fully saturated rings. The fourth-order valence-electron chi connectivity index (χ4n) is 1.87. The van der Waals surface area contributed by atoms with E-state index in [9.17, 15) is 4.79 Å². The number of carboxylic acid groups (broad SMARTS) is 1. The van der Waals surface area contributed by atoms with E-state index in [2.05, 4.69) is 41.7 Å². The zero-order valence-electron chi connectivity index (χ0n) is 11.1. The molecule has 0 aliphatic heterocycles. The highest BCUT2D eigenvalue weighted by molar-refractivity contribution is 9.10. The van der Waals surface area contributed by atoms with Crippen molar-refractivity contribution < 1.29 is 9.90 Å². The Balaban J connectivity index is 2.76. The maximum atomic E-state index is 10.8. The Morgan fingerprint density at radius 1 is 1.50 bits per heavy atom. The Morgan fingerprint density at radius 3 is 2.67 bits per heavy atom. The van der Waals surface area contributed by atoms with E-state index in [1.165, 1.54) is 12.8 Å². The lowest BCUT2D eigenvalue weighted by atomic mass is 10.1. The van der Waals surface area contributed by atoms with Gasteiger partial charge in [0, 0.05) is 17.1 Å². The van der Waals surface area contributed by atoms with Crippen molar-refractivity contribution in [2.75, 3.05) is 7.05 Å². The van der Waals surface area contributed by atoms with E-state index in [1.807, 2.05) is 6.07 Å². The summed E-state index contributed by atoms with van der Waals surface area (Å²) in [5.41, 5.74) is 1.43. The number of aromatic carboxylic acids is 1. The van der Waals surface area contributed by atoms with Gasteiger partial charge in [0.1, 0.15) is 0 Å². The number of hydrogen-bond acceptors (Lipinski definition) is 2. The third-order valence-corrected chi connectivity index (χ3v) is 3.92. The van der Waals surface area contributed by atoms with Gasteiger partial charge in [0.05, 0.1) is 5.56 Å². The summed E-state index contributed by atoms with van der Waals surface area (Å²) >= 11 is 3.44. The number of rotatable bonds is 6. The molecular formula is C14H20BrNO2. The monoisotopic (exact) mass is 313 g/mol. The molecule has 1 aromatic carbocycles. The molecule has 100 valence electrons. The highest BCUT2D eigenvalue weighted by atomic mass is 79.9. The maximum absolute atomic E-state index is 10.8. The molecule has 0 amide bonds. The molecule has 0 saturated heterocycles. The minimum absolute atomic E-state index is 0.315. The van der Waals surface area contributed by atoms with Crippen LogP contribution >= 0.6 is 15.9 Å². The summed E-state index contributed by atoms with van der Waals surface area (Å²) in [5, 5.41) is 8.91. The Labute approximate surface area is 117 Å². The van der Waals surface area contributed by atoms with Crippen LogP contribution in [0.25, 0.3) is 0 Å². The van der Waals surface area contributed by atoms with Gasteiger partial charge in [-0.1, -0.05) is 35.3 Å². The van der Waals surface area contributed by atoms with Crippen molar-refractivity contribution >= 4 is 21.9 Å². The average Bonchev–Trinajstić information content (AvgIpc) is 2.31. The van der Waals surface area contributed by atoms with Crippen molar-refractivity contribution in [3.63, 3.8) is 0 Å². The van der Waals surface area contributed by atoms with E-state index >= 15 is 0 Å². The fourth-order valence-corrected chi connectivity index (χ4v) is 2.38. The van der Waals surface area contributed by atoms with Gasteiger partial charge in [-0.15, -0.1) is 0 Å². The molecule has 1 N–H and O–H groups in total. The van der Waals surface area contributed by atoms with Crippen LogP contribution < -0.4 is 0 Å². The molecule has 1 aromatic rings. The van der Waals surface area contributed by atoms with Gasteiger partial charge in [-0.2, -0.15) is 0 Å². The summed E-state index contributed by atoms with van der Waals surface area (Å²) < 4.78 is 0.859. The van der Waals surface area contributed by atoms with Crippen LogP contribution in [0.3, 0.4) is 0 Å². The molecule has 0 aromatic heterocycles. The van der Waals surface area contributed by atoms with Crippen molar-refractivity contribution in [2.24, 2.45) is 0 Å². The topological polar surface area (TPSA) is 40.5 Å². The van der Waals surface area contributed by atoms with E-state index in [1.54, 1.807) is 12.1 Å². The number of nitrogens with zero attached hydrogens (tertiary/aromatic N) is 1. The predicted octanol–water partition coefficient (Wildman–Crippen LogP) is 3.77. The SMILES string of the molecule is CCCC(C)N(C)Cc1ccc(C(=O)O)cc1Br. The summed E-state index contributed by atoms with van der Waals surface area (Å²) in [6.45, 7) is 5.21. The van der Waals surface area contributed by atoms with Crippen molar-refractivity contribution in [1.29, 1.82) is 0 Å². The quantitative estimate of drug-likeness (QED) is 0.869. The van der Waals surface area contributed by atoms with Crippen molar-refractivity contribution in [3.8, 4) is 0 Å². The van der Waals surface area contributed by atoms with Crippen molar-refractivity contribution in [1.82, 2.24) is 4.90 Å². The summed E-state index contributed by atoms with van der Waals surface area (Å²) in [6, 6.07) is 5.72. The molecule has 0 radical (unpaired) electrons. The molecule has 1 unspecified atom stereocenters. The Hall–Kier alpha value is -0.870. The first-order chi connectivity index (χ1) is 8.45. The standard InChI is InChI=1S/C14H20BrNO2/c1-4-5-10(2)16(3)9-12-7-6-11(14(17)18)8-13(12)15/h6-8,10H,4-5,9H2,1-3H3,(H,17,18). The highest BCUT2D eigenvalue weighted by Crippen LogP contribution is 2.21. The van der Waals surface area contributed by atoms with Crippen LogP contribution in [-0.4, -0.2) is 29.1 Å². The largest absolute Gasteiger partial charge is 0.478 e. The van der Waals surface area contributed by atoms with E-state index in [4.69, 9.17) is 5.11 Å². The molecule has 0 aliphatic rings. The first-order valence-corrected chi connectivity index (χ1v) is 6.97. The minimum Gasteiger partial charge on any atom is -0.478 e. The lowest BCUT2D eigenvalue weighted by molar-refractivity contribution is 0.0697. The van der Waals surface area contributed by atoms with Crippen LogP contribution in [0.2, 0.25) is 0 Å². The smallest absolute Gasteiger partial charge is 0.335 e. The zero-order valence-corrected chi connectivity index (χ0v) is 12.7. The van der Waals surface area contributed by atoms with Crippen molar-refractivity contribution in [3.05, 3.63) is 33.8 Å². The summed E-state index contributed by atoms with van der Waals surface area (Å²) in [6.07, 6.45) is 2.34. The summed E-state index contributed by atoms with van der Waals surface area (Å²) in [7, 11) is 2.10. The number of carboxylic acids is 1. The van der Waals surface area contributed by atoms with Crippen LogP contribution in [0.5, 0.6) is 0 Å². The maximum Gasteiger partial charge on any atom is 0.335 e. The summed E-state index contributed by atoms with van der Waals surface area (Å²) in [5.74, 6) is -0.894. The van der Waals surface area contributed by atoms with Crippen LogP contribution in [-0.2, 0) is 6.54 Å². The highest BCUT2D eigenvalue weighted by Gasteiger charge is 2.12. The van der Waals surface area contributed by atoms with E-state index in [-0.39, 0.29) is 0 Å². The van der Waals surface area contributed by atoms with Gasteiger partial charge < -0.3 is 5.11 Å². The molecule has 0 bridgehead atoms. The second kappa shape index (κ2) is 6.90. The first-order valence-electron chi connectivity index (χ1n) is 6.17. The minimum atomic E-state index is -0.894. The van der Waals surface area contributed by atoms with Gasteiger partial charge in [-0.05, 0) is 38.1 Å². The normalized spacial score (nSPS) is 12.7. The van der Waals surface area contributed by atoms with Crippen LogP contribution in [0.1, 0.15) is 42.6 Å².